The van der Waals surface area contributed by atoms with E-state index in [-0.39, 0.29) is 17.3 Å². The van der Waals surface area contributed by atoms with Crippen molar-refractivity contribution >= 4 is 0 Å². The van der Waals surface area contributed by atoms with Crippen molar-refractivity contribution in [3.63, 3.8) is 0 Å². The van der Waals surface area contributed by atoms with Crippen molar-refractivity contribution in [1.82, 2.24) is 0 Å². The third kappa shape index (κ3) is 7.93. The second-order valence-electron chi connectivity index (χ2n) is 10.9. The number of allylic oxidation sites excluding steroid dienone is 1. The predicted molar refractivity (Wildman–Crippen MR) is 157 cm³/mol. The number of rotatable bonds is 14. The summed E-state index contributed by atoms with van der Waals surface area (Å²) in [6, 6.07) is 15.8. The smallest absolute Gasteiger partial charge is 0.166 e. The van der Waals surface area contributed by atoms with Crippen molar-refractivity contribution < 1.29 is 22.6 Å². The Balaban J connectivity index is 1.28. The van der Waals surface area contributed by atoms with Crippen molar-refractivity contribution in [1.29, 1.82) is 0 Å². The summed E-state index contributed by atoms with van der Waals surface area (Å²) in [5.41, 5.74) is 2.35. The van der Waals surface area contributed by atoms with Crippen LogP contribution in [0, 0.1) is 23.4 Å². The Bertz CT molecular complexity index is 1230. The molecule has 0 aromatic heterocycles. The van der Waals surface area contributed by atoms with Crippen LogP contribution >= 0.6 is 0 Å². The zero-order valence-corrected chi connectivity index (χ0v) is 23.6. The van der Waals surface area contributed by atoms with E-state index in [1.54, 1.807) is 48.5 Å². The Hall–Kier alpha value is -3.21. The van der Waals surface area contributed by atoms with Gasteiger partial charge in [-0.2, -0.15) is 0 Å². The Labute approximate surface area is 237 Å². The van der Waals surface area contributed by atoms with Crippen LogP contribution in [0.15, 0.2) is 67.3 Å². The van der Waals surface area contributed by atoms with Gasteiger partial charge in [-0.05, 0) is 111 Å². The lowest BCUT2D eigenvalue weighted by Crippen LogP contribution is -2.15. The van der Waals surface area contributed by atoms with Crippen molar-refractivity contribution in [2.75, 3.05) is 13.2 Å². The van der Waals surface area contributed by atoms with Crippen molar-refractivity contribution in [2.45, 2.75) is 77.0 Å². The van der Waals surface area contributed by atoms with E-state index in [0.29, 0.717) is 36.0 Å². The summed E-state index contributed by atoms with van der Waals surface area (Å²) in [6.45, 7) is 6.90. The van der Waals surface area contributed by atoms with Gasteiger partial charge in [0.2, 0.25) is 0 Å². The van der Waals surface area contributed by atoms with Crippen molar-refractivity contribution in [2.24, 2.45) is 5.92 Å². The second-order valence-corrected chi connectivity index (χ2v) is 10.9. The molecule has 1 aliphatic carbocycles. The molecule has 0 bridgehead atoms. The number of ether oxygens (including phenoxy) is 2. The van der Waals surface area contributed by atoms with Crippen LogP contribution in [-0.2, 0) is 6.42 Å². The molecule has 0 heterocycles. The molecule has 4 rings (SSSR count). The lowest BCUT2D eigenvalue weighted by molar-refractivity contribution is 0.295. The minimum atomic E-state index is -0.783. The van der Waals surface area contributed by atoms with Gasteiger partial charge in [-0.1, -0.05) is 49.8 Å². The van der Waals surface area contributed by atoms with Gasteiger partial charge in [0.25, 0.3) is 0 Å². The summed E-state index contributed by atoms with van der Waals surface area (Å²) in [7, 11) is 0. The Kier molecular flexibility index (Phi) is 11.1. The average molecular weight is 551 g/mol. The molecule has 1 fully saturated rings. The van der Waals surface area contributed by atoms with Gasteiger partial charge in [0.15, 0.2) is 23.2 Å². The first kappa shape index (κ1) is 29.8. The summed E-state index contributed by atoms with van der Waals surface area (Å²) >= 11 is 0. The number of aryl methyl sites for hydroxylation is 1. The normalized spacial score (nSPS) is 17.0. The fourth-order valence-corrected chi connectivity index (χ4v) is 5.53. The van der Waals surface area contributed by atoms with E-state index < -0.39 is 11.6 Å². The molecule has 0 saturated heterocycles. The van der Waals surface area contributed by atoms with Gasteiger partial charge < -0.3 is 9.47 Å². The fourth-order valence-electron chi connectivity index (χ4n) is 5.53. The fraction of sp³-hybridized carbons (Fsp3) is 0.429. The molecule has 2 nitrogen and oxygen atoms in total. The molecule has 0 spiro atoms. The molecule has 0 aliphatic heterocycles. The van der Waals surface area contributed by atoms with Crippen LogP contribution in [0.3, 0.4) is 0 Å². The molecule has 214 valence electrons. The quantitative estimate of drug-likeness (QED) is 0.147. The second kappa shape index (κ2) is 15.0. The lowest BCUT2D eigenvalue weighted by Gasteiger charge is -2.29. The largest absolute Gasteiger partial charge is 0.494 e. The maximum absolute atomic E-state index is 15.2. The van der Waals surface area contributed by atoms with Gasteiger partial charge in [-0.15, -0.1) is 6.58 Å². The summed E-state index contributed by atoms with van der Waals surface area (Å²) in [5.74, 6) is -0.291. The number of hydrogen-bond donors (Lipinski definition) is 0. The predicted octanol–water partition coefficient (Wildman–Crippen LogP) is 10.2. The van der Waals surface area contributed by atoms with E-state index in [2.05, 4.69) is 13.5 Å². The highest BCUT2D eigenvalue weighted by atomic mass is 19.2. The third-order valence-corrected chi connectivity index (χ3v) is 7.98. The molecule has 0 atom stereocenters. The van der Waals surface area contributed by atoms with E-state index in [0.717, 1.165) is 75.5 Å². The summed E-state index contributed by atoms with van der Waals surface area (Å²) in [5, 5.41) is 0. The number of unbranched alkanes of at least 4 members (excludes halogenated alkanes) is 2. The summed E-state index contributed by atoms with van der Waals surface area (Å²) in [6.07, 6.45) is 10.8. The monoisotopic (exact) mass is 550 g/mol. The molecule has 0 amide bonds. The van der Waals surface area contributed by atoms with Gasteiger partial charge in [0.1, 0.15) is 5.75 Å². The van der Waals surface area contributed by atoms with Crippen LogP contribution in [0.25, 0.3) is 11.1 Å². The minimum absolute atomic E-state index is 0.0177. The third-order valence-electron chi connectivity index (χ3n) is 7.98. The Morgan fingerprint density at radius 1 is 0.850 bits per heavy atom. The number of halogens is 3. The molecule has 3 aromatic rings. The molecule has 1 saturated carbocycles. The number of hydrogen-bond acceptors (Lipinski definition) is 2. The Morgan fingerprint density at radius 3 is 2.30 bits per heavy atom. The highest BCUT2D eigenvalue weighted by molar-refractivity contribution is 5.65. The highest BCUT2D eigenvalue weighted by Gasteiger charge is 2.26. The van der Waals surface area contributed by atoms with E-state index in [9.17, 15) is 4.39 Å². The SMILES string of the molecule is C=CCCCOc1ccc(CCC2CCC(c3ccc(-c4ccc(OCCCC)cc4)c(F)c3F)CC2)cc1F. The molecule has 1 aliphatic rings. The van der Waals surface area contributed by atoms with E-state index in [4.69, 9.17) is 9.47 Å². The molecular weight excluding hydrogens is 509 g/mol. The molecule has 5 heteroatoms. The van der Waals surface area contributed by atoms with Gasteiger partial charge in [-0.25, -0.2) is 13.2 Å². The first-order chi connectivity index (χ1) is 19.5. The molecule has 0 radical (unpaired) electrons. The van der Waals surface area contributed by atoms with E-state index in [1.165, 1.54) is 0 Å². The molecule has 0 unspecified atom stereocenters. The standard InChI is InChI=1S/C35H41F3O2/c1-3-5-7-23-40-33-21-12-26(24-32(33)36)9-8-25-10-13-27(14-11-25)30-19-20-31(35(38)34(30)37)28-15-17-29(18-16-28)39-22-6-4-2/h3,12,15-21,24-25,27H,1,4-11,13-14,22-23H2,2H3. The number of benzene rings is 3. The minimum Gasteiger partial charge on any atom is -0.494 e. The van der Waals surface area contributed by atoms with Crippen LogP contribution < -0.4 is 9.47 Å². The topological polar surface area (TPSA) is 18.5 Å². The van der Waals surface area contributed by atoms with Gasteiger partial charge in [0.05, 0.1) is 13.2 Å². The van der Waals surface area contributed by atoms with E-state index >= 15 is 8.78 Å². The molecule has 40 heavy (non-hydrogen) atoms. The highest BCUT2D eigenvalue weighted by Crippen LogP contribution is 2.40. The van der Waals surface area contributed by atoms with Gasteiger partial charge in [0, 0.05) is 5.56 Å². The van der Waals surface area contributed by atoms with Crippen LogP contribution in [0.2, 0.25) is 0 Å². The molecule has 0 N–H and O–H groups in total. The maximum atomic E-state index is 15.2. The van der Waals surface area contributed by atoms with Crippen molar-refractivity contribution in [3.8, 4) is 22.6 Å². The van der Waals surface area contributed by atoms with Crippen LogP contribution in [0.5, 0.6) is 11.5 Å². The summed E-state index contributed by atoms with van der Waals surface area (Å²) in [4.78, 5) is 0. The van der Waals surface area contributed by atoms with Crippen molar-refractivity contribution in [3.05, 3.63) is 95.8 Å². The van der Waals surface area contributed by atoms with Crippen LogP contribution in [-0.4, -0.2) is 13.2 Å². The first-order valence-electron chi connectivity index (χ1n) is 14.7. The Morgan fingerprint density at radius 2 is 1.60 bits per heavy atom. The molecular formula is C35H41F3O2. The average Bonchev–Trinajstić information content (AvgIpc) is 2.97. The van der Waals surface area contributed by atoms with E-state index in [1.807, 2.05) is 12.1 Å². The summed E-state index contributed by atoms with van der Waals surface area (Å²) < 4.78 is 56.0. The van der Waals surface area contributed by atoms with Crippen LogP contribution in [0.4, 0.5) is 13.2 Å². The van der Waals surface area contributed by atoms with Crippen LogP contribution in [0.1, 0.15) is 81.8 Å². The molecule has 3 aromatic carbocycles. The lowest BCUT2D eigenvalue weighted by atomic mass is 9.76. The first-order valence-corrected chi connectivity index (χ1v) is 14.7. The zero-order valence-electron chi connectivity index (χ0n) is 23.6. The van der Waals surface area contributed by atoms with Gasteiger partial charge in [-0.3, -0.25) is 0 Å². The zero-order chi connectivity index (χ0) is 28.3. The maximum Gasteiger partial charge on any atom is 0.166 e. The van der Waals surface area contributed by atoms with Gasteiger partial charge >= 0.3 is 0 Å².